The van der Waals surface area contributed by atoms with Gasteiger partial charge in [-0.15, -0.1) is 0 Å². The molecule has 4 aromatic rings. The van der Waals surface area contributed by atoms with Crippen LogP contribution in [0.15, 0.2) is 62.6 Å². The van der Waals surface area contributed by atoms with E-state index < -0.39 is 15.8 Å². The molecular formula is C22H24N6O4S. The summed E-state index contributed by atoms with van der Waals surface area (Å²) in [6.07, 6.45) is 0. The number of fused-ring (bicyclic) bond motifs is 1. The molecule has 2 aromatic heterocycles. The molecule has 0 radical (unpaired) electrons. The zero-order valence-electron chi connectivity index (χ0n) is 18.4. The summed E-state index contributed by atoms with van der Waals surface area (Å²) in [5, 5.41) is 6.27. The third-order valence-electron chi connectivity index (χ3n) is 4.95. The van der Waals surface area contributed by atoms with E-state index in [2.05, 4.69) is 25.3 Å². The number of aromatic nitrogens is 3. The second-order valence-electron chi connectivity index (χ2n) is 7.59. The molecule has 0 aliphatic heterocycles. The van der Waals surface area contributed by atoms with Crippen molar-refractivity contribution >= 4 is 38.6 Å². The van der Waals surface area contributed by atoms with Crippen molar-refractivity contribution in [2.75, 3.05) is 23.7 Å². The Morgan fingerprint density at radius 1 is 1.00 bits per heavy atom. The Kier molecular flexibility index (Phi) is 6.16. The molecule has 0 aliphatic carbocycles. The molecule has 0 amide bonds. The summed E-state index contributed by atoms with van der Waals surface area (Å²) in [5.41, 5.74) is 3.57. The van der Waals surface area contributed by atoms with Crippen LogP contribution in [0.2, 0.25) is 0 Å². The van der Waals surface area contributed by atoms with Gasteiger partial charge in [-0.25, -0.2) is 22.9 Å². The summed E-state index contributed by atoms with van der Waals surface area (Å²) < 4.78 is 34.1. The summed E-state index contributed by atoms with van der Waals surface area (Å²) in [7, 11) is -2.25. The second kappa shape index (κ2) is 9.04. The van der Waals surface area contributed by atoms with Crippen LogP contribution in [0.4, 0.5) is 17.5 Å². The van der Waals surface area contributed by atoms with Crippen LogP contribution >= 0.6 is 0 Å². The second-order valence-corrected chi connectivity index (χ2v) is 9.36. The summed E-state index contributed by atoms with van der Waals surface area (Å²) in [6, 6.07) is 14.0. The van der Waals surface area contributed by atoms with E-state index in [1.807, 2.05) is 44.2 Å². The van der Waals surface area contributed by atoms with E-state index in [1.54, 1.807) is 0 Å². The largest absolute Gasteiger partial charge is 0.419 e. The van der Waals surface area contributed by atoms with Crippen molar-refractivity contribution in [2.24, 2.45) is 7.05 Å². The Morgan fingerprint density at radius 2 is 1.76 bits per heavy atom. The van der Waals surface area contributed by atoms with Crippen molar-refractivity contribution in [3.05, 3.63) is 70.3 Å². The van der Waals surface area contributed by atoms with Crippen LogP contribution in [-0.4, -0.2) is 36.0 Å². The third-order valence-corrected chi connectivity index (χ3v) is 6.41. The molecule has 0 unspecified atom stereocenters. The maximum atomic E-state index is 12.6. The van der Waals surface area contributed by atoms with E-state index in [0.29, 0.717) is 22.9 Å². The van der Waals surface area contributed by atoms with E-state index in [4.69, 9.17) is 4.42 Å². The lowest BCUT2D eigenvalue weighted by Gasteiger charge is -2.11. The molecule has 0 atom stereocenters. The molecule has 4 rings (SSSR count). The van der Waals surface area contributed by atoms with Crippen molar-refractivity contribution in [2.45, 2.75) is 18.7 Å². The van der Waals surface area contributed by atoms with Crippen molar-refractivity contribution in [3.63, 3.8) is 0 Å². The first-order chi connectivity index (χ1) is 15.7. The van der Waals surface area contributed by atoms with Crippen LogP contribution in [0.1, 0.15) is 11.3 Å². The van der Waals surface area contributed by atoms with Crippen LogP contribution < -0.4 is 21.1 Å². The highest BCUT2D eigenvalue weighted by Crippen LogP contribution is 2.19. The quantitative estimate of drug-likeness (QED) is 0.336. The molecule has 0 aliphatic rings. The van der Waals surface area contributed by atoms with Crippen molar-refractivity contribution in [1.82, 2.24) is 19.3 Å². The molecule has 2 aromatic carbocycles. The zero-order valence-corrected chi connectivity index (χ0v) is 19.2. The van der Waals surface area contributed by atoms with Gasteiger partial charge < -0.3 is 15.1 Å². The Labute approximate surface area is 190 Å². The standard InChI is InChI=1S/C22H24N6O4S/c1-14-4-6-16(7-5-14)26-20-12-15(2)25-21(27-20)23-10-11-24-33(30,31)17-8-9-19-18(13-17)28(3)22(29)32-19/h4-9,12-13,24H,10-11H2,1-3H3,(H2,23,25,26,27). The minimum absolute atomic E-state index is 0.0442. The molecule has 0 saturated heterocycles. The lowest BCUT2D eigenvalue weighted by atomic mass is 10.2. The van der Waals surface area contributed by atoms with Gasteiger partial charge in [0.15, 0.2) is 5.58 Å². The van der Waals surface area contributed by atoms with Crippen LogP contribution in [0.5, 0.6) is 0 Å². The molecule has 33 heavy (non-hydrogen) atoms. The van der Waals surface area contributed by atoms with Gasteiger partial charge in [-0.2, -0.15) is 4.98 Å². The monoisotopic (exact) mass is 468 g/mol. The van der Waals surface area contributed by atoms with Gasteiger partial charge in [0.2, 0.25) is 16.0 Å². The number of sulfonamides is 1. The summed E-state index contributed by atoms with van der Waals surface area (Å²) in [4.78, 5) is 20.4. The predicted molar refractivity (Wildman–Crippen MR) is 126 cm³/mol. The molecule has 172 valence electrons. The van der Waals surface area contributed by atoms with Crippen molar-refractivity contribution in [1.29, 1.82) is 0 Å². The van der Waals surface area contributed by atoms with E-state index in [0.717, 1.165) is 16.9 Å². The first-order valence-corrected chi connectivity index (χ1v) is 11.7. The average molecular weight is 469 g/mol. The molecular weight excluding hydrogens is 444 g/mol. The predicted octanol–water partition coefficient (Wildman–Crippen LogP) is 2.67. The number of nitrogens with one attached hydrogen (secondary N) is 3. The van der Waals surface area contributed by atoms with Gasteiger partial charge in [0.25, 0.3) is 0 Å². The van der Waals surface area contributed by atoms with Gasteiger partial charge in [0.05, 0.1) is 10.4 Å². The van der Waals surface area contributed by atoms with Crippen LogP contribution in [0, 0.1) is 13.8 Å². The average Bonchev–Trinajstić information content (AvgIpc) is 3.06. The Hall–Kier alpha value is -3.70. The molecule has 2 heterocycles. The van der Waals surface area contributed by atoms with E-state index in [9.17, 15) is 13.2 Å². The van der Waals surface area contributed by atoms with Crippen LogP contribution in [0.25, 0.3) is 11.1 Å². The number of anilines is 3. The molecule has 0 saturated carbocycles. The number of hydrogen-bond acceptors (Lipinski definition) is 8. The number of nitrogens with zero attached hydrogens (tertiary/aromatic N) is 3. The summed E-state index contributed by atoms with van der Waals surface area (Å²) >= 11 is 0. The van der Waals surface area contributed by atoms with Gasteiger partial charge in [-0.05, 0) is 44.2 Å². The smallest absolute Gasteiger partial charge is 0.408 e. The molecule has 10 nitrogen and oxygen atoms in total. The fourth-order valence-electron chi connectivity index (χ4n) is 3.21. The van der Waals surface area contributed by atoms with E-state index in [1.165, 1.54) is 29.8 Å². The highest BCUT2D eigenvalue weighted by atomic mass is 32.2. The van der Waals surface area contributed by atoms with Gasteiger partial charge >= 0.3 is 5.76 Å². The minimum Gasteiger partial charge on any atom is -0.408 e. The summed E-state index contributed by atoms with van der Waals surface area (Å²) in [6.45, 7) is 4.27. The maximum Gasteiger partial charge on any atom is 0.419 e. The normalized spacial score (nSPS) is 11.6. The first kappa shape index (κ1) is 22.5. The topological polar surface area (TPSA) is 131 Å². The molecule has 0 bridgehead atoms. The zero-order chi connectivity index (χ0) is 23.6. The van der Waals surface area contributed by atoms with Crippen LogP contribution in [-0.2, 0) is 17.1 Å². The summed E-state index contributed by atoms with van der Waals surface area (Å²) in [5.74, 6) is 0.471. The Bertz CT molecular complexity index is 1460. The molecule has 3 N–H and O–H groups in total. The minimum atomic E-state index is -3.77. The fraction of sp³-hybridized carbons (Fsp3) is 0.227. The third kappa shape index (κ3) is 5.21. The Morgan fingerprint density at radius 3 is 2.52 bits per heavy atom. The number of rotatable bonds is 8. The van der Waals surface area contributed by atoms with Gasteiger partial charge in [0.1, 0.15) is 5.82 Å². The van der Waals surface area contributed by atoms with Crippen molar-refractivity contribution < 1.29 is 12.8 Å². The Balaban J connectivity index is 1.38. The fourth-order valence-corrected chi connectivity index (χ4v) is 4.26. The van der Waals surface area contributed by atoms with Crippen molar-refractivity contribution in [3.8, 4) is 0 Å². The highest BCUT2D eigenvalue weighted by molar-refractivity contribution is 7.89. The lowest BCUT2D eigenvalue weighted by molar-refractivity contribution is 0.528. The maximum absolute atomic E-state index is 12.6. The van der Waals surface area contributed by atoms with E-state index in [-0.39, 0.29) is 18.0 Å². The highest BCUT2D eigenvalue weighted by Gasteiger charge is 2.16. The van der Waals surface area contributed by atoms with Gasteiger partial charge in [-0.1, -0.05) is 17.7 Å². The van der Waals surface area contributed by atoms with E-state index >= 15 is 0 Å². The van der Waals surface area contributed by atoms with Gasteiger partial charge in [-0.3, -0.25) is 4.57 Å². The number of aryl methyl sites for hydroxylation is 3. The number of oxazole rings is 1. The molecule has 0 spiro atoms. The first-order valence-electron chi connectivity index (χ1n) is 10.2. The number of hydrogen-bond donors (Lipinski definition) is 3. The van der Waals surface area contributed by atoms with Gasteiger partial charge in [0, 0.05) is 37.6 Å². The number of benzene rings is 2. The van der Waals surface area contributed by atoms with Crippen LogP contribution in [0.3, 0.4) is 0 Å². The molecule has 11 heteroatoms. The lowest BCUT2D eigenvalue weighted by Crippen LogP contribution is -2.29. The SMILES string of the molecule is Cc1ccc(Nc2cc(C)nc(NCCNS(=O)(=O)c3ccc4oc(=O)n(C)c4c3)n2)cc1. The molecule has 0 fully saturated rings.